The average Bonchev–Trinajstić information content (AvgIpc) is 2.22. The van der Waals surface area contributed by atoms with E-state index >= 15 is 0 Å². The van der Waals surface area contributed by atoms with Crippen molar-refractivity contribution >= 4 is 5.57 Å². The molecule has 0 amide bonds. The molecule has 84 valence electrons. The summed E-state index contributed by atoms with van der Waals surface area (Å²) in [5.41, 5.74) is 14.8. The Hall–Kier alpha value is -1.38. The molecule has 0 heterocycles. The molecule has 1 aromatic rings. The maximum Gasteiger partial charge on any atom is 0.0893 e. The summed E-state index contributed by atoms with van der Waals surface area (Å²) in [5.74, 6) is 0.146. The first kappa shape index (κ1) is 11.1. The predicted octanol–water partition coefficient (Wildman–Crippen LogP) is 2.20. The minimum atomic E-state index is -0.715. The molecule has 0 aliphatic heterocycles. The lowest BCUT2D eigenvalue weighted by molar-refractivity contribution is 0.434. The number of hydrogen-bond donors (Lipinski definition) is 2. The van der Waals surface area contributed by atoms with Crippen LogP contribution in [-0.2, 0) is 0 Å². The van der Waals surface area contributed by atoms with Crippen LogP contribution in [0.25, 0.3) is 5.57 Å². The first-order chi connectivity index (χ1) is 7.49. The topological polar surface area (TPSA) is 52.0 Å². The number of nitrogens with two attached hydrogens (primary N) is 2. The van der Waals surface area contributed by atoms with E-state index in [9.17, 15) is 0 Å². The van der Waals surface area contributed by atoms with E-state index in [-0.39, 0.29) is 5.92 Å². The van der Waals surface area contributed by atoms with Gasteiger partial charge in [0.15, 0.2) is 0 Å². The van der Waals surface area contributed by atoms with Crippen LogP contribution in [0.3, 0.4) is 0 Å². The lowest BCUT2D eigenvalue weighted by Crippen LogP contribution is -2.53. The molecule has 1 unspecified atom stereocenters. The third-order valence-electron chi connectivity index (χ3n) is 3.12. The van der Waals surface area contributed by atoms with Gasteiger partial charge in [0, 0.05) is 5.92 Å². The van der Waals surface area contributed by atoms with Crippen LogP contribution in [0.15, 0.2) is 42.5 Å². The number of allylic oxidation sites excluding steroid dienone is 2. The maximum atomic E-state index is 5.94. The van der Waals surface area contributed by atoms with E-state index in [1.807, 2.05) is 19.1 Å². The van der Waals surface area contributed by atoms with Crippen LogP contribution in [-0.4, -0.2) is 5.66 Å². The molecule has 2 rings (SSSR count). The van der Waals surface area contributed by atoms with Gasteiger partial charge in [-0.2, -0.15) is 0 Å². The largest absolute Gasteiger partial charge is 0.310 e. The van der Waals surface area contributed by atoms with E-state index in [0.717, 1.165) is 0 Å². The highest BCUT2D eigenvalue weighted by atomic mass is 15.0. The van der Waals surface area contributed by atoms with Gasteiger partial charge in [-0.15, -0.1) is 0 Å². The number of aryl methyl sites for hydroxylation is 1. The van der Waals surface area contributed by atoms with Gasteiger partial charge in [-0.25, -0.2) is 0 Å². The molecule has 1 atom stereocenters. The summed E-state index contributed by atoms with van der Waals surface area (Å²) in [6, 6.07) is 8.44. The van der Waals surface area contributed by atoms with Crippen molar-refractivity contribution in [2.75, 3.05) is 0 Å². The predicted molar refractivity (Wildman–Crippen MR) is 68.6 cm³/mol. The van der Waals surface area contributed by atoms with E-state index in [2.05, 4.69) is 37.3 Å². The Bertz CT molecular complexity index is 456. The third-order valence-corrected chi connectivity index (χ3v) is 3.12. The van der Waals surface area contributed by atoms with Crippen molar-refractivity contribution in [3.05, 3.63) is 53.6 Å². The monoisotopic (exact) mass is 214 g/mol. The van der Waals surface area contributed by atoms with Gasteiger partial charge in [-0.3, -0.25) is 0 Å². The third kappa shape index (κ3) is 2.08. The molecule has 0 spiro atoms. The molecule has 4 N–H and O–H groups in total. The number of benzene rings is 1. The molecule has 0 saturated heterocycles. The Morgan fingerprint density at radius 2 is 2.00 bits per heavy atom. The second-order valence-corrected chi connectivity index (χ2v) is 4.61. The lowest BCUT2D eigenvalue weighted by Gasteiger charge is -2.29. The van der Waals surface area contributed by atoms with Gasteiger partial charge in [0.25, 0.3) is 0 Å². The quantitative estimate of drug-likeness (QED) is 0.704. The standard InChI is InChI=1S/C14H18N2/c1-10-4-3-5-12(8-10)13-6-7-14(15,16)11(2)9-13/h3-9,11H,15-16H2,1-2H3. The molecule has 0 radical (unpaired) electrons. The Kier molecular flexibility index (Phi) is 2.70. The van der Waals surface area contributed by atoms with E-state index < -0.39 is 5.66 Å². The van der Waals surface area contributed by atoms with E-state index in [1.165, 1.54) is 16.7 Å². The summed E-state index contributed by atoms with van der Waals surface area (Å²) in [6.45, 7) is 4.13. The zero-order valence-electron chi connectivity index (χ0n) is 9.77. The molecule has 2 heteroatoms. The first-order valence-corrected chi connectivity index (χ1v) is 5.55. The summed E-state index contributed by atoms with van der Waals surface area (Å²) in [4.78, 5) is 0. The second-order valence-electron chi connectivity index (χ2n) is 4.61. The van der Waals surface area contributed by atoms with Crippen molar-refractivity contribution < 1.29 is 0 Å². The molecular weight excluding hydrogens is 196 g/mol. The van der Waals surface area contributed by atoms with Crippen LogP contribution in [0.5, 0.6) is 0 Å². The van der Waals surface area contributed by atoms with Crippen LogP contribution in [0, 0.1) is 12.8 Å². The van der Waals surface area contributed by atoms with Gasteiger partial charge in [-0.1, -0.05) is 48.9 Å². The van der Waals surface area contributed by atoms with Crippen molar-refractivity contribution in [1.29, 1.82) is 0 Å². The highest BCUT2D eigenvalue weighted by molar-refractivity contribution is 5.76. The first-order valence-electron chi connectivity index (χ1n) is 5.55. The summed E-state index contributed by atoms with van der Waals surface area (Å²) < 4.78 is 0. The van der Waals surface area contributed by atoms with Gasteiger partial charge >= 0.3 is 0 Å². The average molecular weight is 214 g/mol. The normalized spacial score (nSPS) is 23.0. The molecule has 0 fully saturated rings. The van der Waals surface area contributed by atoms with E-state index in [4.69, 9.17) is 11.5 Å². The molecule has 1 aromatic carbocycles. The lowest BCUT2D eigenvalue weighted by atomic mass is 9.86. The fraction of sp³-hybridized carbons (Fsp3) is 0.286. The second kappa shape index (κ2) is 3.89. The van der Waals surface area contributed by atoms with Crippen LogP contribution >= 0.6 is 0 Å². The van der Waals surface area contributed by atoms with Crippen LogP contribution < -0.4 is 11.5 Å². The van der Waals surface area contributed by atoms with Gasteiger partial charge in [0.1, 0.15) is 0 Å². The van der Waals surface area contributed by atoms with Gasteiger partial charge < -0.3 is 11.5 Å². The molecule has 0 saturated carbocycles. The molecule has 0 aromatic heterocycles. The zero-order valence-corrected chi connectivity index (χ0v) is 9.77. The van der Waals surface area contributed by atoms with Crippen molar-refractivity contribution in [1.82, 2.24) is 0 Å². The van der Waals surface area contributed by atoms with Crippen LogP contribution in [0.1, 0.15) is 18.1 Å². The van der Waals surface area contributed by atoms with Crippen LogP contribution in [0.2, 0.25) is 0 Å². The minimum absolute atomic E-state index is 0.146. The van der Waals surface area contributed by atoms with Crippen LogP contribution in [0.4, 0.5) is 0 Å². The van der Waals surface area contributed by atoms with Crippen molar-refractivity contribution in [3.8, 4) is 0 Å². The molecule has 1 aliphatic carbocycles. The molecule has 16 heavy (non-hydrogen) atoms. The SMILES string of the molecule is Cc1cccc(C2=CC(C)C(N)(N)C=C2)c1. The Balaban J connectivity index is 2.35. The fourth-order valence-electron chi connectivity index (χ4n) is 1.87. The molecule has 0 bridgehead atoms. The van der Waals surface area contributed by atoms with Crippen molar-refractivity contribution in [2.45, 2.75) is 19.5 Å². The maximum absolute atomic E-state index is 5.94. The van der Waals surface area contributed by atoms with Gasteiger partial charge in [-0.05, 0) is 24.1 Å². The Morgan fingerprint density at radius 3 is 2.62 bits per heavy atom. The van der Waals surface area contributed by atoms with Gasteiger partial charge in [0.05, 0.1) is 5.66 Å². The smallest absolute Gasteiger partial charge is 0.0893 e. The summed E-state index contributed by atoms with van der Waals surface area (Å²) in [5, 5.41) is 0. The molecule has 1 aliphatic rings. The van der Waals surface area contributed by atoms with Crippen molar-refractivity contribution in [2.24, 2.45) is 17.4 Å². The minimum Gasteiger partial charge on any atom is -0.310 e. The molecular formula is C14H18N2. The van der Waals surface area contributed by atoms with E-state index in [0.29, 0.717) is 0 Å². The highest BCUT2D eigenvalue weighted by Crippen LogP contribution is 2.27. The summed E-state index contributed by atoms with van der Waals surface area (Å²) in [6.07, 6.45) is 6.03. The number of rotatable bonds is 1. The zero-order chi connectivity index (χ0) is 11.8. The fourth-order valence-corrected chi connectivity index (χ4v) is 1.87. The number of hydrogen-bond acceptors (Lipinski definition) is 2. The van der Waals surface area contributed by atoms with Crippen molar-refractivity contribution in [3.63, 3.8) is 0 Å². The summed E-state index contributed by atoms with van der Waals surface area (Å²) >= 11 is 0. The van der Waals surface area contributed by atoms with E-state index in [1.54, 1.807) is 0 Å². The Labute approximate surface area is 96.6 Å². The summed E-state index contributed by atoms with van der Waals surface area (Å²) in [7, 11) is 0. The highest BCUT2D eigenvalue weighted by Gasteiger charge is 2.25. The molecule has 2 nitrogen and oxygen atoms in total. The van der Waals surface area contributed by atoms with Gasteiger partial charge in [0.2, 0.25) is 0 Å². The Morgan fingerprint density at radius 1 is 1.25 bits per heavy atom.